The number of nitrogens with one attached hydrogen (secondary N) is 1. The number of rotatable bonds is 3. The van der Waals surface area contributed by atoms with Crippen molar-refractivity contribution in [3.63, 3.8) is 0 Å². The molecule has 2 aromatic heterocycles. The summed E-state index contributed by atoms with van der Waals surface area (Å²) in [5.41, 5.74) is 2.68. The number of aromatic amines is 1. The van der Waals surface area contributed by atoms with E-state index < -0.39 is 0 Å². The smallest absolute Gasteiger partial charge is 0.257 e. The summed E-state index contributed by atoms with van der Waals surface area (Å²) in [5.74, 6) is 0.538. The van der Waals surface area contributed by atoms with Gasteiger partial charge < -0.3 is 14.8 Å². The number of allylic oxidation sites excluding steroid dienone is 2. The minimum Gasteiger partial charge on any atom is -0.870 e. The number of H-pyrrole nitrogens is 1. The molecule has 2 heterocycles. The number of ether oxygens (including phenoxy) is 1. The van der Waals surface area contributed by atoms with Gasteiger partial charge in [0.2, 0.25) is 0 Å². The van der Waals surface area contributed by atoms with Gasteiger partial charge in [-0.05, 0) is 36.3 Å². The number of imidazole rings is 1. The maximum atomic E-state index is 12.6. The van der Waals surface area contributed by atoms with Gasteiger partial charge in [0.05, 0.1) is 11.0 Å². The first-order chi connectivity index (χ1) is 12.1. The average molecular weight is 352 g/mol. The second-order valence-corrected chi connectivity index (χ2v) is 5.83. The van der Waals surface area contributed by atoms with Gasteiger partial charge in [-0.25, -0.2) is 15.0 Å². The topological polar surface area (TPSA) is 86.8 Å². The zero-order chi connectivity index (χ0) is 17.4. The van der Waals surface area contributed by atoms with E-state index in [-0.39, 0.29) is 16.8 Å². The molecule has 124 valence electrons. The van der Waals surface area contributed by atoms with E-state index in [1.54, 1.807) is 24.3 Å². The number of benzene rings is 1. The Kier molecular flexibility index (Phi) is 3.74. The van der Waals surface area contributed by atoms with E-state index >= 15 is 0 Å². The van der Waals surface area contributed by atoms with E-state index in [0.717, 1.165) is 16.6 Å². The largest absolute Gasteiger partial charge is 0.870 e. The third-order valence-electron chi connectivity index (χ3n) is 3.77. The van der Waals surface area contributed by atoms with Crippen molar-refractivity contribution in [2.75, 3.05) is 0 Å². The number of hydrogen-bond donors (Lipinski definition) is 1. The van der Waals surface area contributed by atoms with Crippen LogP contribution in [0.5, 0.6) is 11.6 Å². The number of nitrogens with zero attached hydrogens (tertiary/aromatic N) is 3. The van der Waals surface area contributed by atoms with Crippen molar-refractivity contribution in [2.45, 2.75) is 6.92 Å². The van der Waals surface area contributed by atoms with Gasteiger partial charge in [-0.15, -0.1) is 0 Å². The van der Waals surface area contributed by atoms with Gasteiger partial charge in [-0.2, -0.15) is 0 Å². The molecule has 1 N–H and O–H groups in total. The summed E-state index contributed by atoms with van der Waals surface area (Å²) in [7, 11) is 0. The highest BCUT2D eigenvalue weighted by Gasteiger charge is 2.08. The number of hydrogen-bond acceptors (Lipinski definition) is 5. The summed E-state index contributed by atoms with van der Waals surface area (Å²) in [6.45, 7) is 1.96. The lowest BCUT2D eigenvalue weighted by atomic mass is 10.2. The Bertz CT molecular complexity index is 1100. The van der Waals surface area contributed by atoms with E-state index in [2.05, 4.69) is 19.9 Å². The quantitative estimate of drug-likeness (QED) is 0.770. The maximum Gasteiger partial charge on any atom is 0.257 e. The Hall–Kier alpha value is -3.12. The molecule has 1 aliphatic carbocycles. The molecule has 0 saturated carbocycles. The Morgan fingerprint density at radius 1 is 1.12 bits per heavy atom. The van der Waals surface area contributed by atoms with E-state index in [9.17, 15) is 5.11 Å². The predicted molar refractivity (Wildman–Crippen MR) is 92.0 cm³/mol. The molecule has 0 aliphatic heterocycles. The van der Waals surface area contributed by atoms with Crippen molar-refractivity contribution in [3.8, 4) is 11.6 Å². The van der Waals surface area contributed by atoms with Crippen LogP contribution in [-0.4, -0.2) is 19.9 Å². The minimum atomic E-state index is -0.181. The third kappa shape index (κ3) is 2.88. The summed E-state index contributed by atoms with van der Waals surface area (Å²) in [4.78, 5) is 15.3. The highest BCUT2D eigenvalue weighted by atomic mass is 35.5. The fraction of sp³-hybridized carbons (Fsp3) is 0.0556. The van der Waals surface area contributed by atoms with Gasteiger partial charge >= 0.3 is 0 Å². The molecule has 7 heteroatoms. The van der Waals surface area contributed by atoms with Crippen molar-refractivity contribution in [3.05, 3.63) is 70.0 Å². The molecule has 0 spiro atoms. The fourth-order valence-corrected chi connectivity index (χ4v) is 2.65. The molecule has 1 aliphatic rings. The van der Waals surface area contributed by atoms with Gasteiger partial charge in [0.25, 0.3) is 5.88 Å². The molecule has 6 nitrogen and oxygen atoms in total. The van der Waals surface area contributed by atoms with Crippen molar-refractivity contribution in [1.82, 2.24) is 19.9 Å². The summed E-state index contributed by atoms with van der Waals surface area (Å²) in [6, 6.07) is 6.68. The predicted octanol–water partition coefficient (Wildman–Crippen LogP) is 1.36. The van der Waals surface area contributed by atoms with Crippen LogP contribution in [0.25, 0.3) is 17.4 Å². The zero-order valence-electron chi connectivity index (χ0n) is 13.2. The third-order valence-corrected chi connectivity index (χ3v) is 4.03. The zero-order valence-corrected chi connectivity index (χ0v) is 13.9. The van der Waals surface area contributed by atoms with Crippen molar-refractivity contribution >= 4 is 29.0 Å². The average Bonchev–Trinajstić information content (AvgIpc) is 3.19. The van der Waals surface area contributed by atoms with Gasteiger partial charge in [0, 0.05) is 12.4 Å². The second kappa shape index (κ2) is 6.07. The summed E-state index contributed by atoms with van der Waals surface area (Å²) < 4.78 is 5.56. The molecule has 0 bridgehead atoms. The second-order valence-electron chi connectivity index (χ2n) is 5.47. The molecular formula is C18H12ClN4O2-. The van der Waals surface area contributed by atoms with Crippen LogP contribution in [0.3, 0.4) is 0 Å². The number of halogens is 1. The van der Waals surface area contributed by atoms with Crippen LogP contribution in [0, 0.1) is 0 Å². The SMILES string of the molecule is CC1=CC=c2[nH]c(=C([O-])c3ccc(Oc4nccnc4Cl)cc3)nc21. The Morgan fingerprint density at radius 3 is 2.60 bits per heavy atom. The van der Waals surface area contributed by atoms with Gasteiger partial charge in [0.1, 0.15) is 11.2 Å². The molecule has 25 heavy (non-hydrogen) atoms. The highest BCUT2D eigenvalue weighted by molar-refractivity contribution is 6.30. The van der Waals surface area contributed by atoms with Crippen molar-refractivity contribution in [1.29, 1.82) is 0 Å². The number of aromatic nitrogens is 4. The van der Waals surface area contributed by atoms with Crippen LogP contribution in [0.1, 0.15) is 18.2 Å². The summed E-state index contributed by atoms with van der Waals surface area (Å²) >= 11 is 5.91. The van der Waals surface area contributed by atoms with Crippen LogP contribution in [0.15, 0.2) is 42.7 Å². The maximum absolute atomic E-state index is 12.6. The van der Waals surface area contributed by atoms with Gasteiger partial charge in [-0.3, -0.25) is 0 Å². The first-order valence-corrected chi connectivity index (χ1v) is 7.91. The van der Waals surface area contributed by atoms with Crippen LogP contribution >= 0.6 is 11.6 Å². The molecule has 3 aromatic rings. The molecular weight excluding hydrogens is 340 g/mol. The first-order valence-electron chi connectivity index (χ1n) is 7.53. The fourth-order valence-electron chi connectivity index (χ4n) is 2.50. The van der Waals surface area contributed by atoms with Crippen LogP contribution < -0.4 is 20.7 Å². The first kappa shape index (κ1) is 15.4. The number of fused-ring (bicyclic) bond motifs is 1. The lowest BCUT2D eigenvalue weighted by molar-refractivity contribution is -0.245. The molecule has 0 atom stereocenters. The monoisotopic (exact) mass is 351 g/mol. The molecule has 0 amide bonds. The standard InChI is InChI=1S/C18H13ClN4O2/c1-10-2-7-13-14(10)23-17(22-13)15(24)11-3-5-12(6-4-11)25-18-16(19)20-8-9-21-18/h2-9,22,24H,1H3/p-1. The molecule has 4 rings (SSSR count). The molecule has 1 aromatic carbocycles. The summed E-state index contributed by atoms with van der Waals surface area (Å²) in [6.07, 6.45) is 6.84. The van der Waals surface area contributed by atoms with Crippen molar-refractivity contribution in [2.24, 2.45) is 0 Å². The highest BCUT2D eigenvalue weighted by Crippen LogP contribution is 2.25. The molecule has 0 saturated heterocycles. The summed E-state index contributed by atoms with van der Waals surface area (Å²) in [5, 5.41) is 13.6. The molecule has 0 radical (unpaired) electrons. The Balaban J connectivity index is 1.63. The molecule has 0 fully saturated rings. The van der Waals surface area contributed by atoms with E-state index in [4.69, 9.17) is 16.3 Å². The lowest BCUT2D eigenvalue weighted by Crippen LogP contribution is -2.22. The van der Waals surface area contributed by atoms with Crippen molar-refractivity contribution < 1.29 is 9.84 Å². The van der Waals surface area contributed by atoms with Gasteiger partial charge in [0.15, 0.2) is 5.15 Å². The van der Waals surface area contributed by atoms with Gasteiger partial charge in [-0.1, -0.05) is 35.6 Å². The normalized spacial score (nSPS) is 13.8. The Labute approximate surface area is 147 Å². The van der Waals surface area contributed by atoms with E-state index in [1.807, 2.05) is 19.1 Å². The minimum absolute atomic E-state index is 0.174. The van der Waals surface area contributed by atoms with Crippen LogP contribution in [0.4, 0.5) is 0 Å². The van der Waals surface area contributed by atoms with E-state index in [0.29, 0.717) is 16.8 Å². The Morgan fingerprint density at radius 2 is 1.88 bits per heavy atom. The van der Waals surface area contributed by atoms with Crippen LogP contribution in [0.2, 0.25) is 5.15 Å². The van der Waals surface area contributed by atoms with Crippen LogP contribution in [-0.2, 0) is 0 Å². The molecule has 0 unspecified atom stereocenters. The lowest BCUT2D eigenvalue weighted by Gasteiger charge is -2.11. The van der Waals surface area contributed by atoms with E-state index in [1.165, 1.54) is 12.4 Å².